The number of aryl methyl sites for hydroxylation is 1. The van der Waals surface area contributed by atoms with Gasteiger partial charge in [0.2, 0.25) is 0 Å². The lowest BCUT2D eigenvalue weighted by molar-refractivity contribution is 0.133. The Kier molecular flexibility index (Phi) is 1.85. The van der Waals surface area contributed by atoms with Crippen molar-refractivity contribution in [3.63, 3.8) is 0 Å². The van der Waals surface area contributed by atoms with Crippen LogP contribution in [0.5, 0.6) is 5.75 Å². The fourth-order valence-corrected chi connectivity index (χ4v) is 2.06. The number of aromatic hydroxyl groups is 1. The van der Waals surface area contributed by atoms with Crippen LogP contribution in [0.1, 0.15) is 16.7 Å². The summed E-state index contributed by atoms with van der Waals surface area (Å²) in [5.41, 5.74) is 3.24. The zero-order chi connectivity index (χ0) is 8.72. The van der Waals surface area contributed by atoms with Gasteiger partial charge < -0.3 is 9.84 Å². The first kappa shape index (κ1) is 8.08. The Morgan fingerprint density at radius 1 is 1.42 bits per heavy atom. The summed E-state index contributed by atoms with van der Waals surface area (Å²) in [7, 11) is 0. The fourth-order valence-electron chi connectivity index (χ4n) is 1.48. The van der Waals surface area contributed by atoms with Crippen LogP contribution >= 0.6 is 15.9 Å². The van der Waals surface area contributed by atoms with Crippen LogP contribution in [0.4, 0.5) is 0 Å². The second-order valence-corrected chi connectivity index (χ2v) is 3.83. The van der Waals surface area contributed by atoms with E-state index in [1.807, 2.05) is 13.0 Å². The lowest BCUT2D eigenvalue weighted by Gasteiger charge is -2.06. The van der Waals surface area contributed by atoms with E-state index in [0.29, 0.717) is 19.0 Å². The van der Waals surface area contributed by atoms with Gasteiger partial charge in [0.1, 0.15) is 5.75 Å². The molecule has 64 valence electrons. The Hall–Kier alpha value is -0.540. The third kappa shape index (κ3) is 1.04. The Morgan fingerprint density at radius 2 is 2.08 bits per heavy atom. The molecule has 1 aromatic rings. The molecule has 0 saturated carbocycles. The average Bonchev–Trinajstić information content (AvgIpc) is 2.48. The molecular formula is C9H9BrO2. The van der Waals surface area contributed by atoms with E-state index in [9.17, 15) is 5.11 Å². The molecule has 2 nitrogen and oxygen atoms in total. The topological polar surface area (TPSA) is 29.5 Å². The minimum atomic E-state index is 0.327. The monoisotopic (exact) mass is 228 g/mol. The zero-order valence-corrected chi connectivity index (χ0v) is 8.31. The van der Waals surface area contributed by atoms with Crippen molar-refractivity contribution in [2.75, 3.05) is 0 Å². The minimum Gasteiger partial charge on any atom is -0.506 e. The van der Waals surface area contributed by atoms with Gasteiger partial charge in [-0.2, -0.15) is 0 Å². The van der Waals surface area contributed by atoms with Crippen LogP contribution in [0, 0.1) is 6.92 Å². The number of ether oxygens (including phenoxy) is 1. The van der Waals surface area contributed by atoms with E-state index in [-0.39, 0.29) is 0 Å². The molecule has 1 aliphatic rings. The molecule has 3 heteroatoms. The Bertz CT molecular complexity index is 334. The largest absolute Gasteiger partial charge is 0.506 e. The Labute approximate surface area is 79.3 Å². The summed E-state index contributed by atoms with van der Waals surface area (Å²) in [6.07, 6.45) is 0. The van der Waals surface area contributed by atoms with E-state index >= 15 is 0 Å². The highest BCUT2D eigenvalue weighted by Gasteiger charge is 2.19. The molecule has 1 N–H and O–H groups in total. The van der Waals surface area contributed by atoms with Crippen molar-refractivity contribution in [3.8, 4) is 5.75 Å². The molecule has 0 spiro atoms. The maximum Gasteiger partial charge on any atom is 0.135 e. The van der Waals surface area contributed by atoms with Crippen molar-refractivity contribution in [1.29, 1.82) is 0 Å². The summed E-state index contributed by atoms with van der Waals surface area (Å²) in [5.74, 6) is 0.327. The quantitative estimate of drug-likeness (QED) is 0.740. The van der Waals surface area contributed by atoms with Gasteiger partial charge in [-0.05, 0) is 40.0 Å². The van der Waals surface area contributed by atoms with Gasteiger partial charge in [-0.3, -0.25) is 0 Å². The maximum atomic E-state index is 9.62. The van der Waals surface area contributed by atoms with Crippen LogP contribution in [-0.4, -0.2) is 5.11 Å². The summed E-state index contributed by atoms with van der Waals surface area (Å²) in [4.78, 5) is 0. The SMILES string of the molecule is Cc1cc(Br)c(O)c2c1COC2. The number of benzene rings is 1. The van der Waals surface area contributed by atoms with Gasteiger partial charge in [0, 0.05) is 5.56 Å². The molecule has 0 aromatic heterocycles. The summed E-state index contributed by atoms with van der Waals surface area (Å²) >= 11 is 3.29. The lowest BCUT2D eigenvalue weighted by atomic mass is 10.0. The van der Waals surface area contributed by atoms with Crippen LogP contribution in [0.15, 0.2) is 10.5 Å². The number of halogens is 1. The molecule has 0 amide bonds. The molecule has 12 heavy (non-hydrogen) atoms. The molecule has 0 bridgehead atoms. The molecule has 0 radical (unpaired) electrons. The molecule has 0 aliphatic carbocycles. The number of fused-ring (bicyclic) bond motifs is 1. The van der Waals surface area contributed by atoms with Crippen LogP contribution in [-0.2, 0) is 18.0 Å². The van der Waals surface area contributed by atoms with E-state index in [4.69, 9.17) is 4.74 Å². The maximum absolute atomic E-state index is 9.62. The summed E-state index contributed by atoms with van der Waals surface area (Å²) < 4.78 is 6.00. The first-order valence-corrected chi connectivity index (χ1v) is 4.57. The predicted octanol–water partition coefficient (Wildman–Crippen LogP) is 2.49. The van der Waals surface area contributed by atoms with Gasteiger partial charge in [-0.25, -0.2) is 0 Å². The molecule has 1 aromatic carbocycles. The number of rotatable bonds is 0. The Morgan fingerprint density at radius 3 is 2.83 bits per heavy atom. The van der Waals surface area contributed by atoms with Crippen molar-refractivity contribution < 1.29 is 9.84 Å². The first-order valence-electron chi connectivity index (χ1n) is 3.77. The number of hydrogen-bond acceptors (Lipinski definition) is 2. The lowest BCUT2D eigenvalue weighted by Crippen LogP contribution is -1.88. The van der Waals surface area contributed by atoms with Crippen LogP contribution < -0.4 is 0 Å². The molecule has 0 atom stereocenters. The van der Waals surface area contributed by atoms with Gasteiger partial charge in [0.25, 0.3) is 0 Å². The van der Waals surface area contributed by atoms with Crippen molar-refractivity contribution in [3.05, 3.63) is 27.2 Å². The highest BCUT2D eigenvalue weighted by atomic mass is 79.9. The van der Waals surface area contributed by atoms with Gasteiger partial charge >= 0.3 is 0 Å². The third-order valence-corrected chi connectivity index (χ3v) is 2.79. The molecule has 0 unspecified atom stereocenters. The molecule has 1 aliphatic heterocycles. The van der Waals surface area contributed by atoms with Crippen LogP contribution in [0.25, 0.3) is 0 Å². The minimum absolute atomic E-state index is 0.327. The van der Waals surface area contributed by atoms with Gasteiger partial charge in [0.15, 0.2) is 0 Å². The van der Waals surface area contributed by atoms with E-state index in [0.717, 1.165) is 15.6 Å². The van der Waals surface area contributed by atoms with Crippen molar-refractivity contribution in [2.45, 2.75) is 20.1 Å². The second-order valence-electron chi connectivity index (χ2n) is 2.97. The molecule has 2 rings (SSSR count). The van der Waals surface area contributed by atoms with Gasteiger partial charge in [0.05, 0.1) is 17.7 Å². The third-order valence-electron chi connectivity index (χ3n) is 2.19. The van der Waals surface area contributed by atoms with E-state index < -0.39 is 0 Å². The van der Waals surface area contributed by atoms with Crippen molar-refractivity contribution in [2.24, 2.45) is 0 Å². The van der Waals surface area contributed by atoms with Crippen LogP contribution in [0.3, 0.4) is 0 Å². The average molecular weight is 229 g/mol. The first-order chi connectivity index (χ1) is 5.70. The number of hydrogen-bond donors (Lipinski definition) is 1. The highest BCUT2D eigenvalue weighted by molar-refractivity contribution is 9.10. The molecule has 0 saturated heterocycles. The van der Waals surface area contributed by atoms with Crippen molar-refractivity contribution in [1.82, 2.24) is 0 Å². The van der Waals surface area contributed by atoms with E-state index in [1.165, 1.54) is 5.56 Å². The standard InChI is InChI=1S/C9H9BrO2/c1-5-2-8(10)9(11)7-4-12-3-6(5)7/h2,11H,3-4H2,1H3. The summed E-state index contributed by atoms with van der Waals surface area (Å²) in [6.45, 7) is 3.18. The van der Waals surface area contributed by atoms with E-state index in [1.54, 1.807) is 0 Å². The molecule has 1 heterocycles. The summed E-state index contributed by atoms with van der Waals surface area (Å²) in [5, 5.41) is 9.62. The highest BCUT2D eigenvalue weighted by Crippen LogP contribution is 2.36. The van der Waals surface area contributed by atoms with E-state index in [2.05, 4.69) is 15.9 Å². The smallest absolute Gasteiger partial charge is 0.135 e. The number of phenols is 1. The second kappa shape index (κ2) is 2.75. The zero-order valence-electron chi connectivity index (χ0n) is 6.72. The normalized spacial score (nSPS) is 14.8. The fraction of sp³-hybridized carbons (Fsp3) is 0.333. The number of phenolic OH excluding ortho intramolecular Hbond substituents is 1. The Balaban J connectivity index is 2.69. The van der Waals surface area contributed by atoms with Crippen molar-refractivity contribution >= 4 is 15.9 Å². The molecular weight excluding hydrogens is 220 g/mol. The van der Waals surface area contributed by atoms with Gasteiger partial charge in [-0.15, -0.1) is 0 Å². The van der Waals surface area contributed by atoms with Crippen LogP contribution in [0.2, 0.25) is 0 Å². The summed E-state index contributed by atoms with van der Waals surface area (Å²) in [6, 6.07) is 1.92. The molecule has 0 fully saturated rings. The van der Waals surface area contributed by atoms with Gasteiger partial charge in [-0.1, -0.05) is 0 Å². The predicted molar refractivity (Wildman–Crippen MR) is 49.0 cm³/mol.